The molecule has 132 valence electrons. The number of aliphatic hydroxyl groups is 1. The molecule has 1 amide bonds. The highest BCUT2D eigenvalue weighted by molar-refractivity contribution is 9.10. The Labute approximate surface area is 151 Å². The molecule has 1 saturated carbocycles. The molecule has 1 aromatic rings. The van der Waals surface area contributed by atoms with Crippen molar-refractivity contribution in [3.05, 3.63) is 28.5 Å². The topological polar surface area (TPSA) is 62.7 Å². The Kier molecular flexibility index (Phi) is 4.41. The molecule has 1 saturated heterocycles. The van der Waals surface area contributed by atoms with Gasteiger partial charge in [0.2, 0.25) is 0 Å². The first-order valence-corrected chi connectivity index (χ1v) is 9.28. The van der Waals surface area contributed by atoms with Crippen molar-refractivity contribution >= 4 is 22.0 Å². The number of nitrogens with zero attached hydrogens (tertiary/aromatic N) is 2. The molecule has 2 aliphatic rings. The van der Waals surface area contributed by atoms with Crippen LogP contribution in [0.25, 0.3) is 0 Å². The van der Waals surface area contributed by atoms with Gasteiger partial charge in [0.05, 0.1) is 6.54 Å². The van der Waals surface area contributed by atoms with Crippen LogP contribution in [-0.4, -0.2) is 38.8 Å². The number of aromatic nitrogens is 1. The molecular formula is C18H25BrN2O3. The largest absolute Gasteiger partial charge is 0.444 e. The molecule has 2 heterocycles. The highest BCUT2D eigenvalue weighted by atomic mass is 79.9. The molecule has 3 rings (SSSR count). The maximum absolute atomic E-state index is 12.8. The van der Waals surface area contributed by atoms with Crippen molar-refractivity contribution in [3.8, 4) is 0 Å². The standard InChI is InChI=1S/C18H25BrN2O3/c1-16(2,3)24-15(22)21-12-18(23,11-17(21)8-4-5-9-17)13-6-7-14(19)20-10-13/h6-7,10,23H,4-5,8-9,11-12H2,1-3H3. The number of likely N-dealkylation sites (tertiary alicyclic amines) is 1. The normalized spacial score (nSPS) is 26.1. The van der Waals surface area contributed by atoms with Gasteiger partial charge >= 0.3 is 6.09 Å². The van der Waals surface area contributed by atoms with E-state index in [0.717, 1.165) is 35.8 Å². The first-order valence-electron chi connectivity index (χ1n) is 8.49. The third kappa shape index (κ3) is 3.31. The molecule has 1 unspecified atom stereocenters. The second-order valence-corrected chi connectivity index (χ2v) is 8.89. The average Bonchev–Trinajstić information content (AvgIpc) is 3.04. The molecule has 1 N–H and O–H groups in total. The molecule has 0 aromatic carbocycles. The van der Waals surface area contributed by atoms with E-state index in [4.69, 9.17) is 4.74 Å². The van der Waals surface area contributed by atoms with Crippen molar-refractivity contribution in [3.63, 3.8) is 0 Å². The van der Waals surface area contributed by atoms with Crippen LogP contribution in [0.4, 0.5) is 4.79 Å². The number of amides is 1. The summed E-state index contributed by atoms with van der Waals surface area (Å²) >= 11 is 3.32. The summed E-state index contributed by atoms with van der Waals surface area (Å²) in [5, 5.41) is 11.3. The number of rotatable bonds is 1. The summed E-state index contributed by atoms with van der Waals surface area (Å²) in [5.41, 5.74) is -1.17. The van der Waals surface area contributed by atoms with E-state index in [1.54, 1.807) is 11.1 Å². The zero-order valence-electron chi connectivity index (χ0n) is 14.5. The number of hydrogen-bond donors (Lipinski definition) is 1. The number of halogens is 1. The van der Waals surface area contributed by atoms with E-state index in [2.05, 4.69) is 20.9 Å². The van der Waals surface area contributed by atoms with Gasteiger partial charge in [0, 0.05) is 23.7 Å². The van der Waals surface area contributed by atoms with E-state index in [0.29, 0.717) is 6.42 Å². The fourth-order valence-electron chi connectivity index (χ4n) is 4.02. The highest BCUT2D eigenvalue weighted by Gasteiger charge is 2.57. The molecule has 1 aliphatic heterocycles. The van der Waals surface area contributed by atoms with Crippen LogP contribution in [0, 0.1) is 0 Å². The number of carbonyl (C=O) groups is 1. The first-order chi connectivity index (χ1) is 11.1. The average molecular weight is 397 g/mol. The summed E-state index contributed by atoms with van der Waals surface area (Å²) in [6.07, 6.45) is 5.89. The van der Waals surface area contributed by atoms with Gasteiger partial charge < -0.3 is 9.84 Å². The van der Waals surface area contributed by atoms with Gasteiger partial charge in [-0.25, -0.2) is 9.78 Å². The van der Waals surface area contributed by atoms with Crippen molar-refractivity contribution in [2.24, 2.45) is 0 Å². The highest BCUT2D eigenvalue weighted by Crippen LogP contribution is 2.50. The van der Waals surface area contributed by atoms with Gasteiger partial charge in [-0.2, -0.15) is 0 Å². The van der Waals surface area contributed by atoms with E-state index in [1.165, 1.54) is 0 Å². The summed E-state index contributed by atoms with van der Waals surface area (Å²) in [5.74, 6) is 0. The predicted octanol–water partition coefficient (Wildman–Crippen LogP) is 3.99. The lowest BCUT2D eigenvalue weighted by Gasteiger charge is -2.35. The van der Waals surface area contributed by atoms with E-state index in [9.17, 15) is 9.90 Å². The zero-order chi connectivity index (χ0) is 17.6. The lowest BCUT2D eigenvalue weighted by molar-refractivity contribution is 0.00397. The zero-order valence-corrected chi connectivity index (χ0v) is 16.1. The van der Waals surface area contributed by atoms with Crippen LogP contribution in [-0.2, 0) is 10.3 Å². The Bertz CT molecular complexity index is 620. The van der Waals surface area contributed by atoms with Crippen molar-refractivity contribution in [1.29, 1.82) is 0 Å². The molecule has 6 heteroatoms. The van der Waals surface area contributed by atoms with E-state index in [-0.39, 0.29) is 18.2 Å². The minimum atomic E-state index is -1.07. The first kappa shape index (κ1) is 17.7. The summed E-state index contributed by atoms with van der Waals surface area (Å²) in [6.45, 7) is 5.86. The number of β-amino-alcohol motifs (C(OH)–C–C–N with tert-alkyl or cyclic N) is 1. The fourth-order valence-corrected chi connectivity index (χ4v) is 4.26. The van der Waals surface area contributed by atoms with Gasteiger partial charge in [-0.1, -0.05) is 18.9 Å². The van der Waals surface area contributed by atoms with Crippen LogP contribution in [0.5, 0.6) is 0 Å². The lowest BCUT2D eigenvalue weighted by Crippen LogP contribution is -2.47. The van der Waals surface area contributed by atoms with Crippen LogP contribution in [0.15, 0.2) is 22.9 Å². The minimum Gasteiger partial charge on any atom is -0.444 e. The van der Waals surface area contributed by atoms with E-state index < -0.39 is 11.2 Å². The Morgan fingerprint density at radius 3 is 2.54 bits per heavy atom. The molecule has 24 heavy (non-hydrogen) atoms. The third-order valence-electron chi connectivity index (χ3n) is 5.03. The number of pyridine rings is 1. The van der Waals surface area contributed by atoms with Gasteiger partial charge in [0.1, 0.15) is 15.8 Å². The summed E-state index contributed by atoms with van der Waals surface area (Å²) in [7, 11) is 0. The van der Waals surface area contributed by atoms with Crippen LogP contribution in [0.3, 0.4) is 0 Å². The molecule has 1 atom stereocenters. The molecule has 2 fully saturated rings. The molecule has 1 aromatic heterocycles. The molecule has 1 aliphatic carbocycles. The Hall–Kier alpha value is -1.14. The smallest absolute Gasteiger partial charge is 0.410 e. The fraction of sp³-hybridized carbons (Fsp3) is 0.667. The van der Waals surface area contributed by atoms with Gasteiger partial charge in [-0.15, -0.1) is 0 Å². The Balaban J connectivity index is 1.91. The number of carbonyl (C=O) groups excluding carboxylic acids is 1. The predicted molar refractivity (Wildman–Crippen MR) is 94.6 cm³/mol. The maximum atomic E-state index is 12.8. The van der Waals surface area contributed by atoms with Crippen LogP contribution in [0.2, 0.25) is 0 Å². The number of hydrogen-bond acceptors (Lipinski definition) is 4. The van der Waals surface area contributed by atoms with Gasteiger partial charge in [0.25, 0.3) is 0 Å². The Morgan fingerprint density at radius 2 is 2.00 bits per heavy atom. The number of ether oxygens (including phenoxy) is 1. The van der Waals surface area contributed by atoms with E-state index in [1.807, 2.05) is 32.9 Å². The monoisotopic (exact) mass is 396 g/mol. The molecule has 0 bridgehead atoms. The van der Waals surface area contributed by atoms with Gasteiger partial charge in [-0.05, 0) is 55.6 Å². The second kappa shape index (κ2) is 5.99. The molecule has 5 nitrogen and oxygen atoms in total. The Morgan fingerprint density at radius 1 is 1.33 bits per heavy atom. The molecule has 1 spiro atoms. The molecular weight excluding hydrogens is 372 g/mol. The van der Waals surface area contributed by atoms with Crippen LogP contribution in [0.1, 0.15) is 58.4 Å². The van der Waals surface area contributed by atoms with Gasteiger partial charge in [-0.3, -0.25) is 4.90 Å². The lowest BCUT2D eigenvalue weighted by atomic mass is 9.85. The van der Waals surface area contributed by atoms with E-state index >= 15 is 0 Å². The molecule has 0 radical (unpaired) electrons. The van der Waals surface area contributed by atoms with Crippen molar-refractivity contribution in [1.82, 2.24) is 9.88 Å². The summed E-state index contributed by atoms with van der Waals surface area (Å²) < 4.78 is 6.34. The van der Waals surface area contributed by atoms with Gasteiger partial charge in [0.15, 0.2) is 0 Å². The maximum Gasteiger partial charge on any atom is 0.410 e. The van der Waals surface area contributed by atoms with Crippen molar-refractivity contribution in [2.75, 3.05) is 6.54 Å². The summed E-state index contributed by atoms with van der Waals surface area (Å²) in [6, 6.07) is 3.70. The minimum absolute atomic E-state index is 0.255. The third-order valence-corrected chi connectivity index (χ3v) is 5.50. The SMILES string of the molecule is CC(C)(C)OC(=O)N1CC(O)(c2ccc(Br)nc2)CC12CCCC2. The van der Waals surface area contributed by atoms with Crippen LogP contribution < -0.4 is 0 Å². The van der Waals surface area contributed by atoms with Crippen molar-refractivity contribution in [2.45, 2.75) is 69.6 Å². The summed E-state index contributed by atoms with van der Waals surface area (Å²) in [4.78, 5) is 18.8. The second-order valence-electron chi connectivity index (χ2n) is 8.08. The van der Waals surface area contributed by atoms with Crippen molar-refractivity contribution < 1.29 is 14.6 Å². The van der Waals surface area contributed by atoms with Crippen LogP contribution >= 0.6 is 15.9 Å². The quantitative estimate of drug-likeness (QED) is 0.728.